The Labute approximate surface area is 63.7 Å². The van der Waals surface area contributed by atoms with E-state index in [1.54, 1.807) is 0 Å². The number of imide groups is 1. The Morgan fingerprint density at radius 3 is 2.70 bits per heavy atom. The SMILES string of the molecule is O=C1CC(CCCl)C(=O)N1. The van der Waals surface area contributed by atoms with Crippen molar-refractivity contribution in [1.82, 2.24) is 5.32 Å². The van der Waals surface area contributed by atoms with Crippen molar-refractivity contribution in [2.24, 2.45) is 5.92 Å². The molecule has 10 heavy (non-hydrogen) atoms. The third-order valence-electron chi connectivity index (χ3n) is 1.52. The molecule has 1 heterocycles. The molecule has 1 aliphatic heterocycles. The lowest BCUT2D eigenvalue weighted by Gasteiger charge is -1.98. The van der Waals surface area contributed by atoms with Gasteiger partial charge in [-0.15, -0.1) is 11.6 Å². The lowest BCUT2D eigenvalue weighted by molar-refractivity contribution is -0.125. The van der Waals surface area contributed by atoms with E-state index in [9.17, 15) is 9.59 Å². The van der Waals surface area contributed by atoms with Crippen LogP contribution in [0.15, 0.2) is 0 Å². The molecule has 1 atom stereocenters. The molecule has 4 heteroatoms. The van der Waals surface area contributed by atoms with Gasteiger partial charge < -0.3 is 0 Å². The van der Waals surface area contributed by atoms with Gasteiger partial charge in [0.1, 0.15) is 0 Å². The van der Waals surface area contributed by atoms with Crippen molar-refractivity contribution in [1.29, 1.82) is 0 Å². The number of hydrogen-bond acceptors (Lipinski definition) is 2. The van der Waals surface area contributed by atoms with Gasteiger partial charge in [-0.25, -0.2) is 0 Å². The third-order valence-corrected chi connectivity index (χ3v) is 1.74. The van der Waals surface area contributed by atoms with Gasteiger partial charge in [0.15, 0.2) is 0 Å². The highest BCUT2D eigenvalue weighted by molar-refractivity contribution is 6.18. The molecule has 1 unspecified atom stereocenters. The number of amides is 2. The number of carbonyl (C=O) groups excluding carboxylic acids is 2. The summed E-state index contributed by atoms with van der Waals surface area (Å²) in [5, 5.41) is 2.22. The van der Waals surface area contributed by atoms with Crippen molar-refractivity contribution >= 4 is 23.4 Å². The maximum Gasteiger partial charge on any atom is 0.230 e. The molecule has 0 saturated carbocycles. The van der Waals surface area contributed by atoms with Gasteiger partial charge >= 0.3 is 0 Å². The van der Waals surface area contributed by atoms with E-state index < -0.39 is 0 Å². The third kappa shape index (κ3) is 1.48. The van der Waals surface area contributed by atoms with Crippen LogP contribution in [0.4, 0.5) is 0 Å². The molecule has 0 spiro atoms. The Morgan fingerprint density at radius 2 is 2.30 bits per heavy atom. The normalized spacial score (nSPS) is 25.1. The van der Waals surface area contributed by atoms with Crippen molar-refractivity contribution < 1.29 is 9.59 Å². The molecule has 1 N–H and O–H groups in total. The first kappa shape index (κ1) is 7.54. The predicted octanol–water partition coefficient (Wildman–Crippen LogP) is 0.278. The van der Waals surface area contributed by atoms with Gasteiger partial charge in [-0.2, -0.15) is 0 Å². The van der Waals surface area contributed by atoms with Crippen molar-refractivity contribution in [3.05, 3.63) is 0 Å². The quantitative estimate of drug-likeness (QED) is 0.467. The molecule has 0 aromatic carbocycles. The molecule has 0 aromatic heterocycles. The topological polar surface area (TPSA) is 46.2 Å². The van der Waals surface area contributed by atoms with E-state index >= 15 is 0 Å². The van der Waals surface area contributed by atoms with E-state index in [2.05, 4.69) is 5.32 Å². The number of rotatable bonds is 2. The van der Waals surface area contributed by atoms with E-state index in [0.717, 1.165) is 0 Å². The zero-order valence-electron chi connectivity index (χ0n) is 5.39. The van der Waals surface area contributed by atoms with E-state index in [0.29, 0.717) is 18.7 Å². The second-order valence-electron chi connectivity index (χ2n) is 2.29. The fourth-order valence-corrected chi connectivity index (χ4v) is 1.24. The molecule has 1 aliphatic rings. The molecule has 0 bridgehead atoms. The van der Waals surface area contributed by atoms with Crippen LogP contribution in [0.25, 0.3) is 0 Å². The summed E-state index contributed by atoms with van der Waals surface area (Å²) in [6.07, 6.45) is 0.907. The molecule has 1 saturated heterocycles. The van der Waals surface area contributed by atoms with E-state index in [1.165, 1.54) is 0 Å². The van der Waals surface area contributed by atoms with Crippen LogP contribution in [0.3, 0.4) is 0 Å². The maximum absolute atomic E-state index is 10.8. The van der Waals surface area contributed by atoms with Gasteiger partial charge in [0.05, 0.1) is 0 Å². The average molecular weight is 162 g/mol. The molecule has 0 aromatic rings. The maximum atomic E-state index is 10.8. The van der Waals surface area contributed by atoms with E-state index in [4.69, 9.17) is 11.6 Å². The Hall–Kier alpha value is -0.570. The average Bonchev–Trinajstić information content (AvgIpc) is 2.13. The van der Waals surface area contributed by atoms with Crippen LogP contribution in [0.1, 0.15) is 12.8 Å². The summed E-state index contributed by atoms with van der Waals surface area (Å²) < 4.78 is 0. The van der Waals surface area contributed by atoms with Gasteiger partial charge in [-0.1, -0.05) is 0 Å². The van der Waals surface area contributed by atoms with Gasteiger partial charge in [-0.05, 0) is 6.42 Å². The molecular weight excluding hydrogens is 154 g/mol. The molecule has 0 radical (unpaired) electrons. The number of nitrogens with one attached hydrogen (secondary N) is 1. The number of carbonyl (C=O) groups is 2. The first-order chi connectivity index (χ1) is 4.74. The van der Waals surface area contributed by atoms with Crippen molar-refractivity contribution in [2.45, 2.75) is 12.8 Å². The summed E-state index contributed by atoms with van der Waals surface area (Å²) in [6, 6.07) is 0. The van der Waals surface area contributed by atoms with Crippen LogP contribution in [-0.2, 0) is 9.59 Å². The molecule has 1 rings (SSSR count). The molecule has 2 amide bonds. The minimum Gasteiger partial charge on any atom is -0.296 e. The van der Waals surface area contributed by atoms with Crippen molar-refractivity contribution in [3.8, 4) is 0 Å². The largest absolute Gasteiger partial charge is 0.296 e. The van der Waals surface area contributed by atoms with Crippen molar-refractivity contribution in [3.63, 3.8) is 0 Å². The smallest absolute Gasteiger partial charge is 0.230 e. The van der Waals surface area contributed by atoms with Crippen LogP contribution >= 0.6 is 11.6 Å². The first-order valence-electron chi connectivity index (χ1n) is 3.13. The van der Waals surface area contributed by atoms with Crippen LogP contribution < -0.4 is 5.32 Å². The Morgan fingerprint density at radius 1 is 1.60 bits per heavy atom. The number of alkyl halides is 1. The second-order valence-corrected chi connectivity index (χ2v) is 2.67. The minimum absolute atomic E-state index is 0.175. The van der Waals surface area contributed by atoms with Crippen LogP contribution in [-0.4, -0.2) is 17.7 Å². The summed E-state index contributed by atoms with van der Waals surface area (Å²) in [5.74, 6) is -0.0958. The van der Waals surface area contributed by atoms with E-state index in [1.807, 2.05) is 0 Å². The lowest BCUT2D eigenvalue weighted by Crippen LogP contribution is -2.22. The highest BCUT2D eigenvalue weighted by Crippen LogP contribution is 2.14. The summed E-state index contributed by atoms with van der Waals surface area (Å²) in [4.78, 5) is 21.3. The van der Waals surface area contributed by atoms with Gasteiger partial charge in [0.2, 0.25) is 11.8 Å². The van der Waals surface area contributed by atoms with Crippen molar-refractivity contribution in [2.75, 3.05) is 5.88 Å². The fourth-order valence-electron chi connectivity index (χ4n) is 0.972. The second kappa shape index (κ2) is 3.01. The lowest BCUT2D eigenvalue weighted by atomic mass is 10.1. The zero-order chi connectivity index (χ0) is 7.56. The Balaban J connectivity index is 2.46. The van der Waals surface area contributed by atoms with Crippen LogP contribution in [0.5, 0.6) is 0 Å². The van der Waals surface area contributed by atoms with Gasteiger partial charge in [-0.3, -0.25) is 14.9 Å². The highest BCUT2D eigenvalue weighted by atomic mass is 35.5. The Kier molecular flexibility index (Phi) is 2.27. The molecular formula is C6H8ClNO2. The first-order valence-corrected chi connectivity index (χ1v) is 3.67. The molecule has 56 valence electrons. The minimum atomic E-state index is -0.180. The standard InChI is InChI=1S/C6H8ClNO2/c7-2-1-4-3-5(9)8-6(4)10/h4H,1-3H2,(H,8,9,10). The predicted molar refractivity (Wildman–Crippen MR) is 36.6 cm³/mol. The molecule has 3 nitrogen and oxygen atoms in total. The van der Waals surface area contributed by atoms with Crippen LogP contribution in [0.2, 0.25) is 0 Å². The van der Waals surface area contributed by atoms with Gasteiger partial charge in [0, 0.05) is 18.2 Å². The summed E-state index contributed by atoms with van der Waals surface area (Å²) in [7, 11) is 0. The molecule has 1 fully saturated rings. The van der Waals surface area contributed by atoms with Crippen LogP contribution in [0, 0.1) is 5.92 Å². The molecule has 0 aliphatic carbocycles. The van der Waals surface area contributed by atoms with Gasteiger partial charge in [0.25, 0.3) is 0 Å². The number of halogens is 1. The van der Waals surface area contributed by atoms with E-state index in [-0.39, 0.29) is 17.7 Å². The zero-order valence-corrected chi connectivity index (χ0v) is 6.15. The fraction of sp³-hybridized carbons (Fsp3) is 0.667. The number of hydrogen-bond donors (Lipinski definition) is 1. The highest BCUT2D eigenvalue weighted by Gasteiger charge is 2.29. The summed E-state index contributed by atoms with van der Waals surface area (Å²) >= 11 is 5.40. The summed E-state index contributed by atoms with van der Waals surface area (Å²) in [5.41, 5.74) is 0. The Bertz CT molecular complexity index is 169. The summed E-state index contributed by atoms with van der Waals surface area (Å²) in [6.45, 7) is 0. The monoisotopic (exact) mass is 161 g/mol.